The van der Waals surface area contributed by atoms with Gasteiger partial charge in [-0.15, -0.1) is 0 Å². The molecule has 2 rings (SSSR count). The molecule has 0 spiro atoms. The molecule has 13 heavy (non-hydrogen) atoms. The van der Waals surface area contributed by atoms with E-state index in [-0.39, 0.29) is 5.66 Å². The number of hydrogen-bond donors (Lipinski definition) is 0. The lowest BCUT2D eigenvalue weighted by atomic mass is 10.1. The monoisotopic (exact) mass is 192 g/mol. The van der Waals surface area contributed by atoms with E-state index in [0.717, 1.165) is 6.16 Å². The molecular weight excluding hydrogens is 179 g/mol. The minimum Gasteiger partial charge on any atom is -0.323 e. The van der Waals surface area contributed by atoms with Crippen LogP contribution in [0.1, 0.15) is 11.2 Å². The van der Waals surface area contributed by atoms with Crippen LogP contribution in [0.4, 0.5) is 0 Å². The molecule has 2 heteroatoms. The summed E-state index contributed by atoms with van der Waals surface area (Å²) in [5.74, 6) is 0. The summed E-state index contributed by atoms with van der Waals surface area (Å²) in [7, 11) is -1.99. The van der Waals surface area contributed by atoms with E-state index in [4.69, 9.17) is 0 Å². The third-order valence-electron chi connectivity index (χ3n) is 2.52. The Labute approximate surface area is 78.9 Å². The van der Waals surface area contributed by atoms with Crippen molar-refractivity contribution in [3.05, 3.63) is 48.0 Å². The number of allylic oxidation sites excluding steroid dienone is 2. The highest BCUT2D eigenvalue weighted by atomic mass is 31.2. The van der Waals surface area contributed by atoms with E-state index < -0.39 is 7.14 Å². The average Bonchev–Trinajstić information content (AvgIpc) is 2.47. The highest BCUT2D eigenvalue weighted by molar-refractivity contribution is 7.64. The molecule has 2 atom stereocenters. The summed E-state index contributed by atoms with van der Waals surface area (Å²) in [6, 6.07) is 10.1. The minimum atomic E-state index is -1.99. The highest BCUT2D eigenvalue weighted by Gasteiger charge is 2.29. The van der Waals surface area contributed by atoms with Gasteiger partial charge in [0, 0.05) is 6.16 Å². The number of benzene rings is 1. The topological polar surface area (TPSA) is 17.1 Å². The van der Waals surface area contributed by atoms with E-state index in [1.807, 2.05) is 30.9 Å². The fourth-order valence-electron chi connectivity index (χ4n) is 1.77. The standard InChI is InChI=1S/C11H13OP/c1-13(12)9-5-8-11(13)10-6-3-2-4-7-10/h2-8,11H,9H2,1H3. The molecule has 0 aromatic heterocycles. The van der Waals surface area contributed by atoms with Crippen molar-refractivity contribution in [1.82, 2.24) is 0 Å². The molecule has 68 valence electrons. The van der Waals surface area contributed by atoms with Gasteiger partial charge in [0.2, 0.25) is 0 Å². The van der Waals surface area contributed by atoms with Crippen LogP contribution in [0.2, 0.25) is 0 Å². The van der Waals surface area contributed by atoms with Gasteiger partial charge in [-0.2, -0.15) is 0 Å². The van der Waals surface area contributed by atoms with Crippen LogP contribution in [-0.2, 0) is 4.57 Å². The van der Waals surface area contributed by atoms with Crippen molar-refractivity contribution in [2.75, 3.05) is 12.8 Å². The summed E-state index contributed by atoms with van der Waals surface area (Å²) in [6.07, 6.45) is 4.88. The van der Waals surface area contributed by atoms with Gasteiger partial charge in [0.25, 0.3) is 0 Å². The van der Waals surface area contributed by atoms with Gasteiger partial charge in [-0.05, 0) is 12.2 Å². The van der Waals surface area contributed by atoms with Crippen LogP contribution < -0.4 is 0 Å². The lowest BCUT2D eigenvalue weighted by molar-refractivity contribution is 0.578. The fraction of sp³-hybridized carbons (Fsp3) is 0.273. The van der Waals surface area contributed by atoms with E-state index in [1.165, 1.54) is 5.56 Å². The second-order valence-electron chi connectivity index (χ2n) is 3.64. The first-order valence-corrected chi connectivity index (χ1v) is 6.89. The Bertz CT molecular complexity index is 367. The number of rotatable bonds is 1. The Kier molecular flexibility index (Phi) is 2.13. The molecule has 1 aliphatic rings. The van der Waals surface area contributed by atoms with Crippen molar-refractivity contribution in [1.29, 1.82) is 0 Å². The maximum atomic E-state index is 12.1. The largest absolute Gasteiger partial charge is 0.323 e. The van der Waals surface area contributed by atoms with Crippen LogP contribution >= 0.6 is 7.14 Å². The van der Waals surface area contributed by atoms with Gasteiger partial charge in [-0.3, -0.25) is 0 Å². The van der Waals surface area contributed by atoms with Crippen LogP contribution in [0.25, 0.3) is 0 Å². The van der Waals surface area contributed by atoms with Crippen molar-refractivity contribution < 1.29 is 4.57 Å². The third-order valence-corrected chi connectivity index (χ3v) is 5.10. The highest BCUT2D eigenvalue weighted by Crippen LogP contribution is 2.60. The fourth-order valence-corrected chi connectivity index (χ4v) is 3.83. The van der Waals surface area contributed by atoms with E-state index in [9.17, 15) is 4.57 Å². The Morgan fingerprint density at radius 2 is 2.00 bits per heavy atom. The predicted molar refractivity (Wildman–Crippen MR) is 56.7 cm³/mol. The molecule has 2 unspecified atom stereocenters. The molecule has 1 aromatic carbocycles. The smallest absolute Gasteiger partial charge is 0.0991 e. The van der Waals surface area contributed by atoms with Gasteiger partial charge < -0.3 is 4.57 Å². The second kappa shape index (κ2) is 3.16. The molecule has 0 radical (unpaired) electrons. The summed E-state index contributed by atoms with van der Waals surface area (Å²) in [5, 5.41) is 0. The van der Waals surface area contributed by atoms with Crippen LogP contribution in [0.5, 0.6) is 0 Å². The summed E-state index contributed by atoms with van der Waals surface area (Å²) in [6.45, 7) is 1.89. The van der Waals surface area contributed by atoms with Crippen molar-refractivity contribution in [3.63, 3.8) is 0 Å². The first-order valence-electron chi connectivity index (χ1n) is 4.48. The van der Waals surface area contributed by atoms with Crippen LogP contribution in [-0.4, -0.2) is 12.8 Å². The molecule has 1 nitrogen and oxygen atoms in total. The second-order valence-corrected chi connectivity index (χ2v) is 6.91. The van der Waals surface area contributed by atoms with Crippen molar-refractivity contribution in [3.8, 4) is 0 Å². The number of hydrogen-bond acceptors (Lipinski definition) is 1. The summed E-state index contributed by atoms with van der Waals surface area (Å²) < 4.78 is 12.1. The van der Waals surface area contributed by atoms with Gasteiger partial charge in [0.15, 0.2) is 0 Å². The maximum absolute atomic E-state index is 12.1. The predicted octanol–water partition coefficient (Wildman–Crippen LogP) is 3.29. The Morgan fingerprint density at radius 1 is 1.31 bits per heavy atom. The van der Waals surface area contributed by atoms with Crippen LogP contribution in [0.15, 0.2) is 42.5 Å². The van der Waals surface area contributed by atoms with Gasteiger partial charge in [-0.25, -0.2) is 0 Å². The molecule has 1 aliphatic heterocycles. The SMILES string of the molecule is CP1(=O)CC=CC1c1ccccc1. The van der Waals surface area contributed by atoms with Crippen LogP contribution in [0, 0.1) is 0 Å². The van der Waals surface area contributed by atoms with Gasteiger partial charge in [0.05, 0.1) is 12.8 Å². The van der Waals surface area contributed by atoms with E-state index in [2.05, 4.69) is 18.2 Å². The Morgan fingerprint density at radius 3 is 2.54 bits per heavy atom. The van der Waals surface area contributed by atoms with Gasteiger partial charge in [-0.1, -0.05) is 42.5 Å². The molecule has 0 bridgehead atoms. The van der Waals surface area contributed by atoms with Crippen LogP contribution in [0.3, 0.4) is 0 Å². The van der Waals surface area contributed by atoms with E-state index >= 15 is 0 Å². The zero-order valence-corrected chi connectivity index (χ0v) is 8.58. The molecule has 0 N–H and O–H groups in total. The quantitative estimate of drug-likeness (QED) is 0.493. The van der Waals surface area contributed by atoms with E-state index in [1.54, 1.807) is 0 Å². The van der Waals surface area contributed by atoms with Crippen molar-refractivity contribution >= 4 is 7.14 Å². The lowest BCUT2D eigenvalue weighted by Gasteiger charge is -2.15. The minimum absolute atomic E-state index is 0.161. The third kappa shape index (κ3) is 1.62. The first kappa shape index (κ1) is 8.77. The molecule has 1 heterocycles. The Balaban J connectivity index is 2.38. The molecule has 0 saturated heterocycles. The Hall–Kier alpha value is -0.810. The summed E-state index contributed by atoms with van der Waals surface area (Å²) in [4.78, 5) is 0. The molecule has 0 saturated carbocycles. The maximum Gasteiger partial charge on any atom is 0.0991 e. The molecule has 0 aliphatic carbocycles. The molecule has 1 aromatic rings. The zero-order valence-electron chi connectivity index (χ0n) is 7.68. The summed E-state index contributed by atoms with van der Waals surface area (Å²) in [5.41, 5.74) is 1.34. The normalized spacial score (nSPS) is 32.2. The van der Waals surface area contributed by atoms with Gasteiger partial charge >= 0.3 is 0 Å². The van der Waals surface area contributed by atoms with Crippen molar-refractivity contribution in [2.45, 2.75) is 5.66 Å². The van der Waals surface area contributed by atoms with Gasteiger partial charge in [0.1, 0.15) is 0 Å². The first-order chi connectivity index (χ1) is 6.20. The van der Waals surface area contributed by atoms with E-state index in [0.29, 0.717) is 0 Å². The van der Waals surface area contributed by atoms with Crippen molar-refractivity contribution in [2.24, 2.45) is 0 Å². The zero-order chi connectivity index (χ0) is 9.31. The molecule has 0 fully saturated rings. The molecule has 0 amide bonds. The lowest BCUT2D eigenvalue weighted by Crippen LogP contribution is -1.92. The average molecular weight is 192 g/mol. The molecular formula is C11H13OP. The summed E-state index contributed by atoms with van der Waals surface area (Å²) >= 11 is 0.